The Bertz CT molecular complexity index is 914. The molecule has 1 heterocycles. The van der Waals surface area contributed by atoms with Gasteiger partial charge in [0.1, 0.15) is 13.1 Å². The molecule has 1 fully saturated rings. The van der Waals surface area contributed by atoms with Crippen molar-refractivity contribution in [3.63, 3.8) is 0 Å². The van der Waals surface area contributed by atoms with Gasteiger partial charge in [0, 0.05) is 24.9 Å². The van der Waals surface area contributed by atoms with Gasteiger partial charge in [0.15, 0.2) is 0 Å². The number of nitrogens with zero attached hydrogens (tertiary/aromatic N) is 4. The molecule has 1 aliphatic heterocycles. The smallest absolute Gasteiger partial charge is 0.318 e. The second-order valence-corrected chi connectivity index (χ2v) is 6.36. The second-order valence-electron chi connectivity index (χ2n) is 6.36. The minimum atomic E-state index is -0.512. The fourth-order valence-electron chi connectivity index (χ4n) is 2.88. The van der Waals surface area contributed by atoms with Gasteiger partial charge >= 0.3 is 6.03 Å². The van der Waals surface area contributed by atoms with Gasteiger partial charge in [-0.05, 0) is 17.7 Å². The quantitative estimate of drug-likeness (QED) is 0.432. The molecule has 0 N–H and O–H groups in total. The van der Waals surface area contributed by atoms with Crippen molar-refractivity contribution in [2.75, 3.05) is 25.0 Å². The SMILES string of the molecule is CN1CC(=O)N(CC(=O)N(Cc2ccc([N+](=O)[O-])cc2)c2ccccc2)C1=O. The molecule has 0 spiro atoms. The maximum Gasteiger partial charge on any atom is 0.327 e. The fraction of sp³-hybridized carbons (Fsp3) is 0.211. The molecule has 2 aromatic rings. The number of hydrogen-bond donors (Lipinski definition) is 0. The zero-order chi connectivity index (χ0) is 20.3. The number of urea groups is 1. The molecule has 0 aromatic heterocycles. The van der Waals surface area contributed by atoms with Gasteiger partial charge in [-0.15, -0.1) is 0 Å². The van der Waals surface area contributed by atoms with Crippen molar-refractivity contribution in [1.82, 2.24) is 9.80 Å². The number of non-ortho nitro benzene ring substituents is 1. The Balaban J connectivity index is 1.83. The molecule has 28 heavy (non-hydrogen) atoms. The molecule has 0 unspecified atom stereocenters. The lowest BCUT2D eigenvalue weighted by Crippen LogP contribution is -2.43. The Kier molecular flexibility index (Phi) is 5.35. The Morgan fingerprint density at radius 2 is 1.75 bits per heavy atom. The van der Waals surface area contributed by atoms with E-state index >= 15 is 0 Å². The topological polar surface area (TPSA) is 104 Å². The summed E-state index contributed by atoms with van der Waals surface area (Å²) in [4.78, 5) is 50.9. The highest BCUT2D eigenvalue weighted by atomic mass is 16.6. The zero-order valence-electron chi connectivity index (χ0n) is 15.1. The van der Waals surface area contributed by atoms with Crippen LogP contribution in [0, 0.1) is 10.1 Å². The molecular weight excluding hydrogens is 364 g/mol. The lowest BCUT2D eigenvalue weighted by atomic mass is 10.1. The van der Waals surface area contributed by atoms with E-state index in [9.17, 15) is 24.5 Å². The molecule has 144 valence electrons. The van der Waals surface area contributed by atoms with E-state index in [1.165, 1.54) is 29.0 Å². The Hall–Kier alpha value is -3.75. The highest BCUT2D eigenvalue weighted by molar-refractivity contribution is 6.06. The number of rotatable bonds is 6. The predicted octanol–water partition coefficient (Wildman–Crippen LogP) is 2.02. The van der Waals surface area contributed by atoms with Crippen LogP contribution in [0.1, 0.15) is 5.56 Å². The third-order valence-electron chi connectivity index (χ3n) is 4.38. The van der Waals surface area contributed by atoms with Crippen molar-refractivity contribution >= 4 is 29.2 Å². The van der Waals surface area contributed by atoms with Gasteiger partial charge in [-0.2, -0.15) is 0 Å². The molecule has 1 aliphatic rings. The van der Waals surface area contributed by atoms with Crippen molar-refractivity contribution in [3.8, 4) is 0 Å². The van der Waals surface area contributed by atoms with Gasteiger partial charge in [0.05, 0.1) is 11.5 Å². The number of imide groups is 1. The van der Waals surface area contributed by atoms with E-state index in [2.05, 4.69) is 0 Å². The largest absolute Gasteiger partial charge is 0.327 e. The summed E-state index contributed by atoms with van der Waals surface area (Å²) in [7, 11) is 1.50. The summed E-state index contributed by atoms with van der Waals surface area (Å²) in [6.45, 7) is -0.281. The van der Waals surface area contributed by atoms with Gasteiger partial charge in [0.2, 0.25) is 5.91 Å². The molecule has 0 radical (unpaired) electrons. The number of hydrogen-bond acceptors (Lipinski definition) is 5. The number of anilines is 1. The van der Waals surface area contributed by atoms with Gasteiger partial charge in [-0.1, -0.05) is 30.3 Å². The number of para-hydroxylation sites is 1. The molecule has 3 rings (SSSR count). The van der Waals surface area contributed by atoms with Gasteiger partial charge in [-0.25, -0.2) is 4.79 Å². The predicted molar refractivity (Wildman–Crippen MR) is 100 cm³/mol. The Morgan fingerprint density at radius 1 is 1.11 bits per heavy atom. The lowest BCUT2D eigenvalue weighted by molar-refractivity contribution is -0.384. The van der Waals surface area contributed by atoms with Crippen LogP contribution in [-0.2, 0) is 16.1 Å². The number of amides is 4. The van der Waals surface area contributed by atoms with E-state index in [1.807, 2.05) is 0 Å². The van der Waals surface area contributed by atoms with Crippen LogP contribution in [0.2, 0.25) is 0 Å². The van der Waals surface area contributed by atoms with E-state index in [-0.39, 0.29) is 25.3 Å². The summed E-state index contributed by atoms with van der Waals surface area (Å²) in [5, 5.41) is 10.8. The molecule has 0 bridgehead atoms. The normalized spacial score (nSPS) is 13.8. The van der Waals surface area contributed by atoms with E-state index in [0.29, 0.717) is 11.3 Å². The zero-order valence-corrected chi connectivity index (χ0v) is 15.1. The van der Waals surface area contributed by atoms with E-state index < -0.39 is 22.8 Å². The number of likely N-dealkylation sites (N-methyl/N-ethyl adjacent to an activating group) is 1. The van der Waals surface area contributed by atoms with Crippen LogP contribution in [0.4, 0.5) is 16.2 Å². The van der Waals surface area contributed by atoms with Crippen molar-refractivity contribution in [2.24, 2.45) is 0 Å². The van der Waals surface area contributed by atoms with Crippen molar-refractivity contribution in [2.45, 2.75) is 6.54 Å². The lowest BCUT2D eigenvalue weighted by Gasteiger charge is -2.25. The number of nitro groups is 1. The van der Waals surface area contributed by atoms with Gasteiger partial charge in [-0.3, -0.25) is 24.6 Å². The van der Waals surface area contributed by atoms with Crippen LogP contribution in [0.25, 0.3) is 0 Å². The highest BCUT2D eigenvalue weighted by Gasteiger charge is 2.36. The Labute approximate surface area is 160 Å². The summed E-state index contributed by atoms with van der Waals surface area (Å²) in [5.74, 6) is -0.856. The highest BCUT2D eigenvalue weighted by Crippen LogP contribution is 2.20. The van der Waals surface area contributed by atoms with Crippen LogP contribution in [-0.4, -0.2) is 52.7 Å². The number of carbonyl (C=O) groups is 3. The van der Waals surface area contributed by atoms with Crippen LogP contribution in [0.15, 0.2) is 54.6 Å². The molecule has 0 aliphatic carbocycles. The summed E-state index contributed by atoms with van der Waals surface area (Å²) in [5.41, 5.74) is 1.23. The molecule has 1 saturated heterocycles. The van der Waals surface area contributed by atoms with Crippen molar-refractivity contribution in [1.29, 1.82) is 0 Å². The first-order chi connectivity index (χ1) is 13.4. The van der Waals surface area contributed by atoms with Crippen LogP contribution < -0.4 is 4.90 Å². The first-order valence-electron chi connectivity index (χ1n) is 8.51. The van der Waals surface area contributed by atoms with E-state index in [1.54, 1.807) is 42.5 Å². The molecule has 4 amide bonds. The molecule has 2 aromatic carbocycles. The third kappa shape index (κ3) is 3.98. The number of carbonyl (C=O) groups excluding carboxylic acids is 3. The first-order valence-corrected chi connectivity index (χ1v) is 8.51. The molecule has 0 atom stereocenters. The molecule has 9 heteroatoms. The average molecular weight is 382 g/mol. The maximum atomic E-state index is 12.9. The van der Waals surface area contributed by atoms with Gasteiger partial charge in [0.25, 0.3) is 11.6 Å². The minimum Gasteiger partial charge on any atom is -0.318 e. The Morgan fingerprint density at radius 3 is 2.29 bits per heavy atom. The standard InChI is InChI=1S/C19H18N4O5/c1-20-12-17(24)22(19(20)26)13-18(25)21(15-5-3-2-4-6-15)11-14-7-9-16(10-8-14)23(27)28/h2-10H,11-13H2,1H3. The maximum absolute atomic E-state index is 12.9. The van der Waals surface area contributed by atoms with E-state index in [4.69, 9.17) is 0 Å². The van der Waals surface area contributed by atoms with Crippen molar-refractivity contribution < 1.29 is 19.3 Å². The molecule has 0 saturated carbocycles. The van der Waals surface area contributed by atoms with Crippen LogP contribution in [0.5, 0.6) is 0 Å². The summed E-state index contributed by atoms with van der Waals surface area (Å²) in [6.07, 6.45) is 0. The summed E-state index contributed by atoms with van der Waals surface area (Å²) < 4.78 is 0. The van der Waals surface area contributed by atoms with Crippen LogP contribution in [0.3, 0.4) is 0 Å². The average Bonchev–Trinajstić information content (AvgIpc) is 2.93. The van der Waals surface area contributed by atoms with Crippen molar-refractivity contribution in [3.05, 3.63) is 70.3 Å². The summed E-state index contributed by atoms with van der Waals surface area (Å²) >= 11 is 0. The minimum absolute atomic E-state index is 0.0439. The fourth-order valence-corrected chi connectivity index (χ4v) is 2.88. The van der Waals surface area contributed by atoms with E-state index in [0.717, 1.165) is 4.90 Å². The summed E-state index contributed by atoms with van der Waals surface area (Å²) in [6, 6.07) is 14.2. The first kappa shape index (κ1) is 19.0. The number of benzene rings is 2. The van der Waals surface area contributed by atoms with Gasteiger partial charge < -0.3 is 9.80 Å². The monoisotopic (exact) mass is 382 g/mol. The molecule has 9 nitrogen and oxygen atoms in total. The number of nitro benzene ring substituents is 1. The molecular formula is C19H18N4O5. The second kappa shape index (κ2) is 7.87. The third-order valence-corrected chi connectivity index (χ3v) is 4.38. The van der Waals surface area contributed by atoms with Crippen LogP contribution >= 0.6 is 0 Å².